The highest BCUT2D eigenvalue weighted by Gasteiger charge is 2.22. The number of rotatable bonds is 4. The van der Waals surface area contributed by atoms with Crippen molar-refractivity contribution in [3.8, 4) is 0 Å². The second-order valence-corrected chi connectivity index (χ2v) is 6.99. The Labute approximate surface area is 129 Å². The number of hydrogen-bond acceptors (Lipinski definition) is 6. The average Bonchev–Trinajstić information content (AvgIpc) is 3.01. The number of hydrogen-bond donors (Lipinski definition) is 2. The quantitative estimate of drug-likeness (QED) is 0.772. The molecule has 3 aromatic rings. The number of anilines is 2. The first-order valence-electron chi connectivity index (χ1n) is 6.68. The minimum atomic E-state index is -0.134. The minimum absolute atomic E-state index is 0.134. The Morgan fingerprint density at radius 2 is 1.95 bits per heavy atom. The zero-order valence-corrected chi connectivity index (χ0v) is 12.6. The van der Waals surface area contributed by atoms with Crippen molar-refractivity contribution in [1.29, 1.82) is 0 Å². The van der Waals surface area contributed by atoms with Gasteiger partial charge in [0.1, 0.15) is 0 Å². The van der Waals surface area contributed by atoms with Gasteiger partial charge in [0, 0.05) is 10.7 Å². The number of thiophene rings is 1. The summed E-state index contributed by atoms with van der Waals surface area (Å²) in [4.78, 5) is 12.9. The molecule has 7 heteroatoms. The van der Waals surface area contributed by atoms with E-state index < -0.39 is 0 Å². The number of amides is 1. The molecule has 1 saturated carbocycles. The number of fused-ring (bicyclic) bond motifs is 1. The Kier molecular flexibility index (Phi) is 3.08. The Morgan fingerprint density at radius 3 is 2.76 bits per heavy atom. The Hall–Kier alpha value is -1.99. The fourth-order valence-corrected chi connectivity index (χ4v) is 3.66. The average molecular weight is 316 g/mol. The van der Waals surface area contributed by atoms with Gasteiger partial charge in [-0.1, -0.05) is 29.5 Å². The largest absolute Gasteiger partial charge is 0.357 e. The summed E-state index contributed by atoms with van der Waals surface area (Å²) in [5.41, 5.74) is 0. The normalized spacial score (nSPS) is 14.3. The van der Waals surface area contributed by atoms with E-state index in [0.29, 0.717) is 16.1 Å². The van der Waals surface area contributed by atoms with Crippen LogP contribution in [0.3, 0.4) is 0 Å². The molecular formula is C14H12N4OS2. The lowest BCUT2D eigenvalue weighted by Gasteiger charge is -1.97. The molecule has 106 valence electrons. The zero-order chi connectivity index (χ0) is 14.2. The van der Waals surface area contributed by atoms with Crippen molar-refractivity contribution in [1.82, 2.24) is 10.2 Å². The van der Waals surface area contributed by atoms with Crippen molar-refractivity contribution in [3.05, 3.63) is 35.2 Å². The fourth-order valence-electron chi connectivity index (χ4n) is 1.99. The summed E-state index contributed by atoms with van der Waals surface area (Å²) in [6.45, 7) is 0. The molecule has 1 aromatic carbocycles. The number of carbonyl (C=O) groups is 1. The van der Waals surface area contributed by atoms with Gasteiger partial charge in [-0.15, -0.1) is 21.5 Å². The molecule has 2 heterocycles. The standard InChI is InChI=1S/C14H12N4OS2/c19-12(11-7-8-3-1-2-4-10(8)20-11)16-14-18-17-13(21-14)15-9-5-6-9/h1-4,7,9H,5-6H2,(H,15,17)(H,16,18,19). The molecule has 0 bridgehead atoms. The number of nitrogens with one attached hydrogen (secondary N) is 2. The van der Waals surface area contributed by atoms with Gasteiger partial charge in [0.05, 0.1) is 4.88 Å². The lowest BCUT2D eigenvalue weighted by atomic mass is 10.2. The second-order valence-electron chi connectivity index (χ2n) is 4.93. The molecule has 0 unspecified atom stereocenters. The highest BCUT2D eigenvalue weighted by molar-refractivity contribution is 7.21. The van der Waals surface area contributed by atoms with Crippen LogP contribution < -0.4 is 10.6 Å². The molecule has 21 heavy (non-hydrogen) atoms. The molecule has 5 nitrogen and oxygen atoms in total. The lowest BCUT2D eigenvalue weighted by Crippen LogP contribution is -2.09. The van der Waals surface area contributed by atoms with Crippen molar-refractivity contribution in [3.63, 3.8) is 0 Å². The van der Waals surface area contributed by atoms with Crippen molar-refractivity contribution < 1.29 is 4.79 Å². The van der Waals surface area contributed by atoms with E-state index in [-0.39, 0.29) is 5.91 Å². The monoisotopic (exact) mass is 316 g/mol. The van der Waals surface area contributed by atoms with Gasteiger partial charge in [0.15, 0.2) is 0 Å². The molecule has 0 atom stereocenters. The van der Waals surface area contributed by atoms with Gasteiger partial charge < -0.3 is 5.32 Å². The van der Waals surface area contributed by atoms with E-state index in [2.05, 4.69) is 20.8 Å². The predicted molar refractivity (Wildman–Crippen MR) is 86.3 cm³/mol. The molecular weight excluding hydrogens is 304 g/mol. The van der Waals surface area contributed by atoms with Gasteiger partial charge in [-0.2, -0.15) is 0 Å². The first-order chi connectivity index (χ1) is 10.3. The van der Waals surface area contributed by atoms with E-state index in [1.54, 1.807) is 0 Å². The van der Waals surface area contributed by atoms with E-state index in [1.807, 2.05) is 30.3 Å². The van der Waals surface area contributed by atoms with Crippen LogP contribution in [0.1, 0.15) is 22.5 Å². The Bertz CT molecular complexity index is 773. The molecule has 1 aliphatic rings. The summed E-state index contributed by atoms with van der Waals surface area (Å²) in [5, 5.41) is 16.5. The molecule has 1 fully saturated rings. The van der Waals surface area contributed by atoms with Gasteiger partial charge in [-0.3, -0.25) is 10.1 Å². The number of aromatic nitrogens is 2. The third kappa shape index (κ3) is 2.74. The zero-order valence-electron chi connectivity index (χ0n) is 11.0. The molecule has 1 amide bonds. The summed E-state index contributed by atoms with van der Waals surface area (Å²) >= 11 is 2.85. The third-order valence-electron chi connectivity index (χ3n) is 3.20. The molecule has 4 rings (SSSR count). The summed E-state index contributed by atoms with van der Waals surface area (Å²) in [7, 11) is 0. The van der Waals surface area contributed by atoms with E-state index >= 15 is 0 Å². The number of carbonyl (C=O) groups excluding carboxylic acids is 1. The Morgan fingerprint density at radius 1 is 1.14 bits per heavy atom. The van der Waals surface area contributed by atoms with Crippen LogP contribution in [-0.2, 0) is 0 Å². The van der Waals surface area contributed by atoms with Crippen LogP contribution in [0.5, 0.6) is 0 Å². The predicted octanol–water partition coefficient (Wildman–Crippen LogP) is 3.58. The number of nitrogens with zero attached hydrogens (tertiary/aromatic N) is 2. The maximum Gasteiger partial charge on any atom is 0.267 e. The van der Waals surface area contributed by atoms with Crippen molar-refractivity contribution in [2.24, 2.45) is 0 Å². The Balaban J connectivity index is 1.50. The van der Waals surface area contributed by atoms with E-state index in [1.165, 1.54) is 35.5 Å². The maximum atomic E-state index is 12.2. The molecule has 0 aliphatic heterocycles. The topological polar surface area (TPSA) is 66.9 Å². The van der Waals surface area contributed by atoms with Crippen molar-refractivity contribution >= 4 is 48.9 Å². The van der Waals surface area contributed by atoms with E-state index in [0.717, 1.165) is 15.2 Å². The smallest absolute Gasteiger partial charge is 0.267 e. The first-order valence-corrected chi connectivity index (χ1v) is 8.31. The third-order valence-corrected chi connectivity index (χ3v) is 5.08. The van der Waals surface area contributed by atoms with Gasteiger partial charge in [0.25, 0.3) is 5.91 Å². The van der Waals surface area contributed by atoms with Crippen molar-refractivity contribution in [2.45, 2.75) is 18.9 Å². The maximum absolute atomic E-state index is 12.2. The highest BCUT2D eigenvalue weighted by atomic mass is 32.1. The fraction of sp³-hybridized carbons (Fsp3) is 0.214. The van der Waals surface area contributed by atoms with Crippen LogP contribution in [0, 0.1) is 0 Å². The van der Waals surface area contributed by atoms with Crippen LogP contribution in [0.15, 0.2) is 30.3 Å². The summed E-state index contributed by atoms with van der Waals surface area (Å²) in [6, 6.07) is 10.4. The number of benzene rings is 1. The summed E-state index contributed by atoms with van der Waals surface area (Å²) in [5.74, 6) is -0.134. The summed E-state index contributed by atoms with van der Waals surface area (Å²) in [6.07, 6.45) is 2.37. The van der Waals surface area contributed by atoms with E-state index in [4.69, 9.17) is 0 Å². The van der Waals surface area contributed by atoms with Gasteiger partial charge in [0.2, 0.25) is 10.3 Å². The van der Waals surface area contributed by atoms with Crippen LogP contribution in [0.2, 0.25) is 0 Å². The van der Waals surface area contributed by atoms with E-state index in [9.17, 15) is 4.79 Å². The van der Waals surface area contributed by atoms with Crippen LogP contribution in [0.25, 0.3) is 10.1 Å². The van der Waals surface area contributed by atoms with Crippen LogP contribution >= 0.6 is 22.7 Å². The van der Waals surface area contributed by atoms with Gasteiger partial charge >= 0.3 is 0 Å². The molecule has 2 aromatic heterocycles. The molecule has 0 radical (unpaired) electrons. The SMILES string of the molecule is O=C(Nc1nnc(NC2CC2)s1)c1cc2ccccc2s1. The van der Waals surface area contributed by atoms with Crippen LogP contribution in [-0.4, -0.2) is 22.1 Å². The lowest BCUT2D eigenvalue weighted by molar-refractivity contribution is 0.103. The molecule has 2 N–H and O–H groups in total. The van der Waals surface area contributed by atoms with Gasteiger partial charge in [-0.25, -0.2) is 0 Å². The molecule has 1 aliphatic carbocycles. The first kappa shape index (κ1) is 12.7. The second kappa shape index (κ2) is 5.09. The summed E-state index contributed by atoms with van der Waals surface area (Å²) < 4.78 is 1.11. The molecule has 0 spiro atoms. The van der Waals surface area contributed by atoms with Crippen LogP contribution in [0.4, 0.5) is 10.3 Å². The van der Waals surface area contributed by atoms with Gasteiger partial charge in [-0.05, 0) is 30.4 Å². The molecule has 0 saturated heterocycles. The highest BCUT2D eigenvalue weighted by Crippen LogP contribution is 2.29. The minimum Gasteiger partial charge on any atom is -0.357 e. The van der Waals surface area contributed by atoms with Crippen molar-refractivity contribution in [2.75, 3.05) is 10.6 Å².